The van der Waals surface area contributed by atoms with Crippen LogP contribution in [0.2, 0.25) is 0 Å². The van der Waals surface area contributed by atoms with Crippen molar-refractivity contribution in [2.75, 3.05) is 16.7 Å². The van der Waals surface area contributed by atoms with Gasteiger partial charge in [0.25, 0.3) is 0 Å². The molecule has 0 saturated heterocycles. The van der Waals surface area contributed by atoms with Gasteiger partial charge in [-0.2, -0.15) is 9.52 Å². The van der Waals surface area contributed by atoms with Crippen LogP contribution < -0.4 is 4.72 Å². The Bertz CT molecular complexity index is 1030. The Morgan fingerprint density at radius 1 is 1.19 bits per heavy atom. The third kappa shape index (κ3) is 3.75. The van der Waals surface area contributed by atoms with E-state index in [-0.39, 0.29) is 12.2 Å². The van der Waals surface area contributed by atoms with E-state index < -0.39 is 26.1 Å². The molecule has 1 aliphatic rings. The van der Waals surface area contributed by atoms with Crippen molar-refractivity contribution in [3.05, 3.63) is 54.0 Å². The smallest absolute Gasteiger partial charge is 0.250 e. The fourth-order valence-electron chi connectivity index (χ4n) is 2.76. The summed E-state index contributed by atoms with van der Waals surface area (Å²) in [5.41, 5.74) is 1.35. The fraction of sp³-hybridized carbons (Fsp3) is 0.312. The van der Waals surface area contributed by atoms with Gasteiger partial charge < -0.3 is 4.42 Å². The van der Waals surface area contributed by atoms with Crippen LogP contribution in [0.4, 0.5) is 5.69 Å². The lowest BCUT2D eigenvalue weighted by molar-refractivity contribution is 0.320. The summed E-state index contributed by atoms with van der Waals surface area (Å²) in [5, 5.41) is 4.30. The number of furan rings is 1. The molecule has 2 aromatic rings. The van der Waals surface area contributed by atoms with Crippen molar-refractivity contribution < 1.29 is 21.3 Å². The second-order valence-corrected chi connectivity index (χ2v) is 9.74. The fourth-order valence-corrected chi connectivity index (χ4v) is 4.39. The molecule has 1 aliphatic heterocycles. The van der Waals surface area contributed by atoms with Crippen LogP contribution in [0.5, 0.6) is 0 Å². The standard InChI is InChI=1S/C16H19N3O5S2/c1-3-26(22,23)19-15(16-9-6-10-24-16)11-14(17-19)12-7-4-5-8-13(12)18-25(2,20)21/h4-10,15,18H,3,11H2,1-2H3/t15-/m1/s1. The average molecular weight is 397 g/mol. The first-order valence-electron chi connectivity index (χ1n) is 7.91. The van der Waals surface area contributed by atoms with Gasteiger partial charge in [-0.05, 0) is 25.1 Å². The summed E-state index contributed by atoms with van der Waals surface area (Å²) < 4.78 is 57.0. The van der Waals surface area contributed by atoms with Crippen LogP contribution >= 0.6 is 0 Å². The second kappa shape index (κ2) is 6.76. The summed E-state index contributed by atoms with van der Waals surface area (Å²) in [7, 11) is -7.10. The summed E-state index contributed by atoms with van der Waals surface area (Å²) in [6.45, 7) is 1.54. The van der Waals surface area contributed by atoms with Gasteiger partial charge >= 0.3 is 0 Å². The maximum Gasteiger partial charge on any atom is 0.250 e. The van der Waals surface area contributed by atoms with Crippen LogP contribution in [0.15, 0.2) is 52.2 Å². The van der Waals surface area contributed by atoms with E-state index in [0.717, 1.165) is 10.7 Å². The van der Waals surface area contributed by atoms with Crippen LogP contribution in [-0.2, 0) is 20.0 Å². The predicted octanol–water partition coefficient (Wildman–Crippen LogP) is 2.15. The second-order valence-electron chi connectivity index (χ2n) is 5.87. The highest BCUT2D eigenvalue weighted by molar-refractivity contribution is 7.92. The van der Waals surface area contributed by atoms with E-state index in [1.165, 1.54) is 6.26 Å². The Kier molecular flexibility index (Phi) is 4.80. The number of sulfonamides is 2. The molecule has 0 radical (unpaired) electrons. The molecule has 8 nitrogen and oxygen atoms in total. The molecule has 1 N–H and O–H groups in total. The molecule has 1 aromatic carbocycles. The van der Waals surface area contributed by atoms with Gasteiger partial charge in [0.15, 0.2) is 0 Å². The van der Waals surface area contributed by atoms with E-state index in [1.54, 1.807) is 43.3 Å². The molecule has 0 fully saturated rings. The van der Waals surface area contributed by atoms with E-state index in [4.69, 9.17) is 4.42 Å². The van der Waals surface area contributed by atoms with Crippen molar-refractivity contribution >= 4 is 31.4 Å². The minimum Gasteiger partial charge on any atom is -0.467 e. The summed E-state index contributed by atoms with van der Waals surface area (Å²) in [5.74, 6) is 0.374. The van der Waals surface area contributed by atoms with Crippen LogP contribution in [0.1, 0.15) is 30.7 Å². The summed E-state index contributed by atoms with van der Waals surface area (Å²) in [6, 6.07) is 9.52. The molecule has 2 heterocycles. The largest absolute Gasteiger partial charge is 0.467 e. The molecular formula is C16H19N3O5S2. The van der Waals surface area contributed by atoms with Gasteiger partial charge in [-0.1, -0.05) is 18.2 Å². The molecule has 0 unspecified atom stereocenters. The highest BCUT2D eigenvalue weighted by Gasteiger charge is 2.38. The number of rotatable bonds is 6. The quantitative estimate of drug-likeness (QED) is 0.803. The molecule has 0 spiro atoms. The number of benzene rings is 1. The number of anilines is 1. The summed E-state index contributed by atoms with van der Waals surface area (Å²) in [4.78, 5) is 0. The average Bonchev–Trinajstić information content (AvgIpc) is 3.23. The van der Waals surface area contributed by atoms with Crippen molar-refractivity contribution in [2.24, 2.45) is 5.10 Å². The van der Waals surface area contributed by atoms with E-state index in [2.05, 4.69) is 9.82 Å². The molecule has 0 saturated carbocycles. The summed E-state index contributed by atoms with van der Waals surface area (Å²) in [6.07, 6.45) is 2.80. The minimum atomic E-state index is -3.61. The highest BCUT2D eigenvalue weighted by atomic mass is 32.2. The number of hydrogen-bond donors (Lipinski definition) is 1. The van der Waals surface area contributed by atoms with E-state index in [1.807, 2.05) is 0 Å². The normalized spacial score (nSPS) is 18.0. The van der Waals surface area contributed by atoms with Crippen molar-refractivity contribution in [2.45, 2.75) is 19.4 Å². The zero-order valence-corrected chi connectivity index (χ0v) is 15.9. The van der Waals surface area contributed by atoms with Crippen molar-refractivity contribution in [3.8, 4) is 0 Å². The molecule has 0 bridgehead atoms. The van der Waals surface area contributed by atoms with Gasteiger partial charge in [0.2, 0.25) is 20.0 Å². The Morgan fingerprint density at radius 3 is 2.54 bits per heavy atom. The Hall–Kier alpha value is -2.33. The van der Waals surface area contributed by atoms with Crippen LogP contribution in [0.25, 0.3) is 0 Å². The number of para-hydroxylation sites is 1. The molecule has 0 amide bonds. The van der Waals surface area contributed by atoms with Gasteiger partial charge in [0, 0.05) is 12.0 Å². The number of nitrogens with one attached hydrogen (secondary N) is 1. The third-order valence-corrected chi connectivity index (χ3v) is 6.15. The molecule has 140 valence electrons. The lowest BCUT2D eigenvalue weighted by Gasteiger charge is -2.20. The predicted molar refractivity (Wildman–Crippen MR) is 98.8 cm³/mol. The summed E-state index contributed by atoms with van der Waals surface area (Å²) >= 11 is 0. The lowest BCUT2D eigenvalue weighted by Crippen LogP contribution is -2.28. The van der Waals surface area contributed by atoms with E-state index in [0.29, 0.717) is 22.7 Å². The van der Waals surface area contributed by atoms with E-state index in [9.17, 15) is 16.8 Å². The van der Waals surface area contributed by atoms with Crippen molar-refractivity contribution in [1.29, 1.82) is 0 Å². The van der Waals surface area contributed by atoms with Gasteiger partial charge in [-0.25, -0.2) is 16.8 Å². The molecule has 0 aliphatic carbocycles. The van der Waals surface area contributed by atoms with Gasteiger partial charge in [0.05, 0.1) is 29.7 Å². The Balaban J connectivity index is 2.05. The minimum absolute atomic E-state index is 0.107. The maximum atomic E-state index is 12.5. The first-order valence-corrected chi connectivity index (χ1v) is 11.4. The third-order valence-electron chi connectivity index (χ3n) is 3.93. The maximum absolute atomic E-state index is 12.5. The highest BCUT2D eigenvalue weighted by Crippen LogP contribution is 2.36. The van der Waals surface area contributed by atoms with Crippen LogP contribution in [0, 0.1) is 0 Å². The van der Waals surface area contributed by atoms with Gasteiger partial charge in [0.1, 0.15) is 11.8 Å². The molecule has 3 rings (SSSR count). The van der Waals surface area contributed by atoms with E-state index >= 15 is 0 Å². The SMILES string of the molecule is CCS(=O)(=O)N1N=C(c2ccccc2NS(C)(=O)=O)C[C@@H]1c1ccco1. The zero-order valence-electron chi connectivity index (χ0n) is 14.3. The molecule has 10 heteroatoms. The van der Waals surface area contributed by atoms with Crippen LogP contribution in [0.3, 0.4) is 0 Å². The molecule has 26 heavy (non-hydrogen) atoms. The molecule has 1 aromatic heterocycles. The topological polar surface area (TPSA) is 109 Å². The number of hydrazone groups is 1. The first-order chi connectivity index (χ1) is 12.2. The lowest BCUT2D eigenvalue weighted by atomic mass is 10.0. The van der Waals surface area contributed by atoms with Gasteiger partial charge in [-0.15, -0.1) is 0 Å². The van der Waals surface area contributed by atoms with Gasteiger partial charge in [-0.3, -0.25) is 4.72 Å². The Morgan fingerprint density at radius 2 is 1.92 bits per heavy atom. The zero-order chi connectivity index (χ0) is 18.9. The van der Waals surface area contributed by atoms with Crippen molar-refractivity contribution in [1.82, 2.24) is 4.41 Å². The van der Waals surface area contributed by atoms with Crippen LogP contribution in [-0.4, -0.2) is 39.0 Å². The molecule has 1 atom stereocenters. The molecular weight excluding hydrogens is 378 g/mol. The number of nitrogens with zero attached hydrogens (tertiary/aromatic N) is 2. The first kappa shape index (κ1) is 18.5. The van der Waals surface area contributed by atoms with Crippen molar-refractivity contribution in [3.63, 3.8) is 0 Å². The number of hydrogen-bond acceptors (Lipinski definition) is 6. The monoisotopic (exact) mass is 397 g/mol. The Labute approximate surface area is 152 Å².